The summed E-state index contributed by atoms with van der Waals surface area (Å²) in [6.07, 6.45) is 0.0494. The first-order valence-electron chi connectivity index (χ1n) is 4.99. The largest absolute Gasteiger partial charge is 0.488 e. The summed E-state index contributed by atoms with van der Waals surface area (Å²) in [6, 6.07) is 6.34. The van der Waals surface area contributed by atoms with E-state index in [9.17, 15) is 9.59 Å². The van der Waals surface area contributed by atoms with Crippen molar-refractivity contribution in [1.29, 1.82) is 0 Å². The van der Waals surface area contributed by atoms with Crippen LogP contribution < -0.4 is 16.5 Å². The molecule has 2 amide bonds. The second kappa shape index (κ2) is 6.02. The molecule has 17 heavy (non-hydrogen) atoms. The molecule has 1 rings (SSSR count). The molecule has 5 N–H and O–H groups in total. The third kappa shape index (κ3) is 4.67. The van der Waals surface area contributed by atoms with Gasteiger partial charge in [0.15, 0.2) is 0 Å². The first-order chi connectivity index (χ1) is 7.99. The van der Waals surface area contributed by atoms with Crippen molar-refractivity contribution >= 4 is 24.4 Å². The zero-order valence-corrected chi connectivity index (χ0v) is 9.09. The summed E-state index contributed by atoms with van der Waals surface area (Å²) in [4.78, 5) is 21.8. The monoisotopic (exact) mass is 236 g/mol. The summed E-state index contributed by atoms with van der Waals surface area (Å²) in [5, 5.41) is 20.2. The second-order valence-electron chi connectivity index (χ2n) is 3.54. The van der Waals surface area contributed by atoms with Crippen molar-refractivity contribution in [3.05, 3.63) is 29.8 Å². The summed E-state index contributed by atoms with van der Waals surface area (Å²) in [7, 11) is -1.57. The standard InChI is InChI=1S/C10H13BN2O4/c12-9(14)6-13-10(15)5-7-2-1-3-8(4-7)11(16)17/h1-4,16-17H,5-6H2,(H2,12,14)(H,13,15). The van der Waals surface area contributed by atoms with Crippen molar-refractivity contribution in [2.75, 3.05) is 6.54 Å². The minimum atomic E-state index is -1.57. The Morgan fingerprint density at radius 1 is 1.35 bits per heavy atom. The molecule has 0 aliphatic carbocycles. The lowest BCUT2D eigenvalue weighted by atomic mass is 9.79. The van der Waals surface area contributed by atoms with Gasteiger partial charge in [-0.25, -0.2) is 0 Å². The van der Waals surface area contributed by atoms with Crippen molar-refractivity contribution in [1.82, 2.24) is 5.32 Å². The smallest absolute Gasteiger partial charge is 0.423 e. The average Bonchev–Trinajstić information content (AvgIpc) is 2.26. The number of hydrogen-bond donors (Lipinski definition) is 4. The van der Waals surface area contributed by atoms with E-state index in [-0.39, 0.29) is 18.9 Å². The fourth-order valence-corrected chi connectivity index (χ4v) is 1.30. The molecule has 0 heterocycles. The highest BCUT2D eigenvalue weighted by Crippen LogP contribution is 1.98. The molecular formula is C10H13BN2O4. The number of carbonyl (C=O) groups is 2. The molecule has 0 spiro atoms. The van der Waals surface area contributed by atoms with Crippen molar-refractivity contribution in [2.45, 2.75) is 6.42 Å². The predicted octanol–water partition coefficient (Wildman–Crippen LogP) is -2.49. The van der Waals surface area contributed by atoms with Gasteiger partial charge in [0.25, 0.3) is 0 Å². The molecule has 0 saturated heterocycles. The zero-order chi connectivity index (χ0) is 12.8. The topological polar surface area (TPSA) is 113 Å². The van der Waals surface area contributed by atoms with Crippen LogP contribution in [0.25, 0.3) is 0 Å². The predicted molar refractivity (Wildman–Crippen MR) is 62.2 cm³/mol. The number of amides is 2. The van der Waals surface area contributed by atoms with E-state index in [0.717, 1.165) is 0 Å². The fraction of sp³-hybridized carbons (Fsp3) is 0.200. The van der Waals surface area contributed by atoms with Crippen LogP contribution in [0.1, 0.15) is 5.56 Å². The average molecular weight is 236 g/mol. The van der Waals surface area contributed by atoms with E-state index in [1.807, 2.05) is 0 Å². The summed E-state index contributed by atoms with van der Waals surface area (Å²) in [5.41, 5.74) is 5.81. The Morgan fingerprint density at radius 3 is 2.65 bits per heavy atom. The molecule has 1 aromatic rings. The summed E-state index contributed by atoms with van der Waals surface area (Å²) >= 11 is 0. The molecule has 0 unspecified atom stereocenters. The SMILES string of the molecule is NC(=O)CNC(=O)Cc1cccc(B(O)O)c1. The minimum absolute atomic E-state index is 0.0494. The molecule has 0 atom stereocenters. The van der Waals surface area contributed by atoms with Crippen molar-refractivity contribution in [2.24, 2.45) is 5.73 Å². The van der Waals surface area contributed by atoms with Gasteiger partial charge in [0, 0.05) is 0 Å². The molecular weight excluding hydrogens is 223 g/mol. The molecule has 7 heteroatoms. The van der Waals surface area contributed by atoms with Gasteiger partial charge in [-0.1, -0.05) is 24.3 Å². The van der Waals surface area contributed by atoms with Gasteiger partial charge in [0.05, 0.1) is 13.0 Å². The van der Waals surface area contributed by atoms with Crippen LogP contribution in [-0.4, -0.2) is 35.5 Å². The zero-order valence-electron chi connectivity index (χ0n) is 9.09. The summed E-state index contributed by atoms with van der Waals surface area (Å²) < 4.78 is 0. The Labute approximate surface area is 98.6 Å². The maximum atomic E-state index is 11.4. The van der Waals surface area contributed by atoms with Gasteiger partial charge < -0.3 is 21.1 Å². The van der Waals surface area contributed by atoms with Gasteiger partial charge in [0.1, 0.15) is 0 Å². The number of primary amides is 1. The molecule has 0 bridgehead atoms. The van der Waals surface area contributed by atoms with Crippen LogP contribution in [0.15, 0.2) is 24.3 Å². The normalized spacial score (nSPS) is 9.76. The van der Waals surface area contributed by atoms with E-state index in [0.29, 0.717) is 11.0 Å². The Morgan fingerprint density at radius 2 is 2.06 bits per heavy atom. The fourth-order valence-electron chi connectivity index (χ4n) is 1.30. The highest BCUT2D eigenvalue weighted by atomic mass is 16.4. The molecule has 6 nitrogen and oxygen atoms in total. The number of hydrogen-bond acceptors (Lipinski definition) is 4. The Hall–Kier alpha value is -1.86. The van der Waals surface area contributed by atoms with Crippen molar-refractivity contribution in [3.8, 4) is 0 Å². The quantitative estimate of drug-likeness (QED) is 0.423. The first kappa shape index (κ1) is 13.2. The third-order valence-corrected chi connectivity index (χ3v) is 2.07. The highest BCUT2D eigenvalue weighted by molar-refractivity contribution is 6.58. The van der Waals surface area contributed by atoms with Crippen LogP contribution in [0.3, 0.4) is 0 Å². The van der Waals surface area contributed by atoms with Gasteiger partial charge in [-0.2, -0.15) is 0 Å². The lowest BCUT2D eigenvalue weighted by molar-refractivity contribution is -0.124. The van der Waals surface area contributed by atoms with Crippen LogP contribution >= 0.6 is 0 Å². The Balaban J connectivity index is 2.59. The summed E-state index contributed by atoms with van der Waals surface area (Å²) in [5.74, 6) is -0.966. The molecule has 0 saturated carbocycles. The van der Waals surface area contributed by atoms with E-state index in [2.05, 4.69) is 5.32 Å². The maximum Gasteiger partial charge on any atom is 0.488 e. The number of nitrogens with two attached hydrogens (primary N) is 1. The molecule has 90 valence electrons. The van der Waals surface area contributed by atoms with Gasteiger partial charge in [-0.05, 0) is 11.0 Å². The number of benzene rings is 1. The number of nitrogens with one attached hydrogen (secondary N) is 1. The van der Waals surface area contributed by atoms with Gasteiger partial charge in [-0.15, -0.1) is 0 Å². The van der Waals surface area contributed by atoms with E-state index in [4.69, 9.17) is 15.8 Å². The molecule has 0 aliphatic rings. The lowest BCUT2D eigenvalue weighted by Crippen LogP contribution is -2.34. The van der Waals surface area contributed by atoms with Crippen LogP contribution in [0.4, 0.5) is 0 Å². The van der Waals surface area contributed by atoms with E-state index in [1.54, 1.807) is 12.1 Å². The molecule has 0 fully saturated rings. The molecule has 1 aromatic carbocycles. The van der Waals surface area contributed by atoms with Crippen LogP contribution in [0.5, 0.6) is 0 Å². The minimum Gasteiger partial charge on any atom is -0.423 e. The van der Waals surface area contributed by atoms with E-state index in [1.165, 1.54) is 12.1 Å². The van der Waals surface area contributed by atoms with Gasteiger partial charge in [-0.3, -0.25) is 9.59 Å². The van der Waals surface area contributed by atoms with Crippen LogP contribution in [0, 0.1) is 0 Å². The Bertz CT molecular complexity index is 423. The third-order valence-electron chi connectivity index (χ3n) is 2.07. The van der Waals surface area contributed by atoms with E-state index >= 15 is 0 Å². The van der Waals surface area contributed by atoms with Crippen LogP contribution in [0.2, 0.25) is 0 Å². The maximum absolute atomic E-state index is 11.4. The summed E-state index contributed by atoms with van der Waals surface area (Å²) in [6.45, 7) is -0.207. The molecule has 0 aromatic heterocycles. The van der Waals surface area contributed by atoms with Crippen molar-refractivity contribution in [3.63, 3.8) is 0 Å². The van der Waals surface area contributed by atoms with Crippen molar-refractivity contribution < 1.29 is 19.6 Å². The molecule has 0 radical (unpaired) electrons. The van der Waals surface area contributed by atoms with Gasteiger partial charge >= 0.3 is 7.12 Å². The highest BCUT2D eigenvalue weighted by Gasteiger charge is 2.12. The number of carbonyl (C=O) groups excluding carboxylic acids is 2. The van der Waals surface area contributed by atoms with Crippen LogP contribution in [-0.2, 0) is 16.0 Å². The lowest BCUT2D eigenvalue weighted by Gasteiger charge is -2.05. The number of rotatable bonds is 5. The Kier molecular flexibility index (Phi) is 4.68. The second-order valence-corrected chi connectivity index (χ2v) is 3.54. The molecule has 0 aliphatic heterocycles. The van der Waals surface area contributed by atoms with Gasteiger partial charge in [0.2, 0.25) is 11.8 Å². The van der Waals surface area contributed by atoms with E-state index < -0.39 is 13.0 Å². The first-order valence-corrected chi connectivity index (χ1v) is 4.99.